The van der Waals surface area contributed by atoms with Gasteiger partial charge in [0.05, 0.1) is 17.1 Å². The number of amides is 1. The fraction of sp³-hybridized carbons (Fsp3) is 0.444. The lowest BCUT2D eigenvalue weighted by Crippen LogP contribution is -2.33. The maximum Gasteiger partial charge on any atom is 0.225 e. The van der Waals surface area contributed by atoms with Crippen molar-refractivity contribution < 1.29 is 9.90 Å². The van der Waals surface area contributed by atoms with Gasteiger partial charge in [0.25, 0.3) is 0 Å². The first-order chi connectivity index (χ1) is 11.0. The van der Waals surface area contributed by atoms with Gasteiger partial charge in [-0.3, -0.25) is 4.79 Å². The number of hydrogen-bond acceptors (Lipinski definition) is 4. The molecule has 1 amide bonds. The fourth-order valence-corrected chi connectivity index (χ4v) is 3.42. The monoisotopic (exact) mass is 332 g/mol. The van der Waals surface area contributed by atoms with Crippen LogP contribution in [0, 0.1) is 13.8 Å². The number of aliphatic hydroxyl groups excluding tert-OH is 1. The number of aliphatic hydroxyl groups is 1. The predicted molar refractivity (Wildman–Crippen MR) is 94.7 cm³/mol. The average molecular weight is 332 g/mol. The highest BCUT2D eigenvalue weighted by atomic mass is 32.1. The minimum absolute atomic E-state index is 0.00690. The lowest BCUT2D eigenvalue weighted by Gasteiger charge is -2.13. The smallest absolute Gasteiger partial charge is 0.225 e. The molecule has 0 aliphatic carbocycles. The molecule has 5 heteroatoms. The Balaban J connectivity index is 2.08. The van der Waals surface area contributed by atoms with Crippen LogP contribution in [-0.4, -0.2) is 28.6 Å². The van der Waals surface area contributed by atoms with E-state index in [9.17, 15) is 4.79 Å². The predicted octanol–water partition coefficient (Wildman–Crippen LogP) is 3.25. The van der Waals surface area contributed by atoms with Gasteiger partial charge in [0.1, 0.15) is 0 Å². The van der Waals surface area contributed by atoms with Crippen LogP contribution in [0.4, 0.5) is 0 Å². The van der Waals surface area contributed by atoms with E-state index >= 15 is 0 Å². The molecule has 0 aliphatic heterocycles. The van der Waals surface area contributed by atoms with E-state index < -0.39 is 0 Å². The van der Waals surface area contributed by atoms with Gasteiger partial charge in [-0.2, -0.15) is 0 Å². The Morgan fingerprint density at radius 2 is 2.00 bits per heavy atom. The maximum atomic E-state index is 12.2. The number of hydrogen-bond donors (Lipinski definition) is 2. The van der Waals surface area contributed by atoms with Crippen LogP contribution in [0.2, 0.25) is 0 Å². The summed E-state index contributed by atoms with van der Waals surface area (Å²) in [6.07, 6.45) is 1.84. The third-order valence-corrected chi connectivity index (χ3v) is 4.62. The number of rotatable bonds is 7. The van der Waals surface area contributed by atoms with Crippen molar-refractivity contribution >= 4 is 17.2 Å². The molecule has 124 valence electrons. The van der Waals surface area contributed by atoms with E-state index in [1.807, 2.05) is 13.8 Å². The minimum Gasteiger partial charge on any atom is -0.396 e. The summed E-state index contributed by atoms with van der Waals surface area (Å²) in [5, 5.41) is 12.8. The summed E-state index contributed by atoms with van der Waals surface area (Å²) in [5.74, 6) is 0.00690. The number of benzene rings is 1. The first-order valence-corrected chi connectivity index (χ1v) is 8.75. The van der Waals surface area contributed by atoms with E-state index in [0.717, 1.165) is 27.6 Å². The second-order valence-corrected chi connectivity index (χ2v) is 7.17. The summed E-state index contributed by atoms with van der Waals surface area (Å²) >= 11 is 1.57. The summed E-state index contributed by atoms with van der Waals surface area (Å²) in [6, 6.07) is 8.30. The van der Waals surface area contributed by atoms with Gasteiger partial charge >= 0.3 is 0 Å². The van der Waals surface area contributed by atoms with Crippen LogP contribution >= 0.6 is 11.3 Å². The number of nitrogens with one attached hydrogen (secondary N) is 1. The highest BCUT2D eigenvalue weighted by Crippen LogP contribution is 2.28. The molecule has 0 radical (unpaired) electrons. The van der Waals surface area contributed by atoms with Crippen LogP contribution in [0.25, 0.3) is 11.3 Å². The van der Waals surface area contributed by atoms with Gasteiger partial charge in [-0.25, -0.2) is 4.98 Å². The summed E-state index contributed by atoms with van der Waals surface area (Å²) in [7, 11) is 0. The first-order valence-electron chi connectivity index (χ1n) is 7.93. The Labute approximate surface area is 141 Å². The van der Waals surface area contributed by atoms with Gasteiger partial charge in [-0.15, -0.1) is 11.3 Å². The molecule has 1 aromatic heterocycles. The lowest BCUT2D eigenvalue weighted by atomic mass is 10.1. The zero-order valence-corrected chi connectivity index (χ0v) is 14.7. The van der Waals surface area contributed by atoms with Crippen LogP contribution < -0.4 is 5.32 Å². The number of aromatic nitrogens is 1. The molecule has 1 unspecified atom stereocenters. The summed E-state index contributed by atoms with van der Waals surface area (Å²) in [6.45, 7) is 6.14. The number of nitrogens with zero attached hydrogens (tertiary/aromatic N) is 1. The largest absolute Gasteiger partial charge is 0.396 e. The van der Waals surface area contributed by atoms with Crippen molar-refractivity contribution in [2.75, 3.05) is 6.61 Å². The van der Waals surface area contributed by atoms with Gasteiger partial charge in [0.2, 0.25) is 5.91 Å². The van der Waals surface area contributed by atoms with Crippen molar-refractivity contribution in [2.24, 2.45) is 0 Å². The summed E-state index contributed by atoms with van der Waals surface area (Å²) < 4.78 is 0. The molecule has 0 aliphatic rings. The number of thiazole rings is 1. The lowest BCUT2D eigenvalue weighted by molar-refractivity contribution is -0.121. The zero-order chi connectivity index (χ0) is 16.8. The van der Waals surface area contributed by atoms with Crippen molar-refractivity contribution in [2.45, 2.75) is 46.1 Å². The molecule has 0 fully saturated rings. The van der Waals surface area contributed by atoms with Gasteiger partial charge in [-0.1, -0.05) is 29.8 Å². The van der Waals surface area contributed by atoms with Crippen LogP contribution in [0.3, 0.4) is 0 Å². The van der Waals surface area contributed by atoms with Crippen molar-refractivity contribution in [1.29, 1.82) is 0 Å². The van der Waals surface area contributed by atoms with Gasteiger partial charge in [-0.05, 0) is 33.6 Å². The van der Waals surface area contributed by atoms with Crippen molar-refractivity contribution in [3.05, 3.63) is 39.7 Å². The number of carbonyl (C=O) groups is 1. The standard InChI is InChI=1S/C18H24N2O2S/c1-12-6-8-15(9-7-12)18-16(23-14(3)20-18)11-17(22)19-13(2)5-4-10-21/h6-9,13,21H,4-5,10-11H2,1-3H3,(H,19,22). The molecular formula is C18H24N2O2S. The SMILES string of the molecule is Cc1ccc(-c2nc(C)sc2CC(=O)NC(C)CCCO)cc1. The Morgan fingerprint density at radius 1 is 1.30 bits per heavy atom. The van der Waals surface area contributed by atoms with Crippen LogP contribution in [-0.2, 0) is 11.2 Å². The van der Waals surface area contributed by atoms with Crippen molar-refractivity contribution in [3.63, 3.8) is 0 Å². The highest BCUT2D eigenvalue weighted by Gasteiger charge is 2.16. The van der Waals surface area contributed by atoms with Crippen LogP contribution in [0.5, 0.6) is 0 Å². The molecule has 2 aromatic rings. The normalized spacial score (nSPS) is 12.2. The maximum absolute atomic E-state index is 12.2. The topological polar surface area (TPSA) is 62.2 Å². The Bertz CT molecular complexity index is 650. The van der Waals surface area contributed by atoms with E-state index in [4.69, 9.17) is 5.11 Å². The molecule has 2 rings (SSSR count). The molecular weight excluding hydrogens is 308 g/mol. The Kier molecular flexibility index (Phi) is 6.30. The third-order valence-electron chi connectivity index (χ3n) is 3.65. The third kappa shape index (κ3) is 5.15. The van der Waals surface area contributed by atoms with E-state index in [1.54, 1.807) is 11.3 Å². The molecule has 2 N–H and O–H groups in total. The first kappa shape index (κ1) is 17.6. The van der Waals surface area contributed by atoms with E-state index in [1.165, 1.54) is 5.56 Å². The molecule has 1 aromatic carbocycles. The highest BCUT2D eigenvalue weighted by molar-refractivity contribution is 7.12. The molecule has 0 bridgehead atoms. The molecule has 0 saturated carbocycles. The minimum atomic E-state index is 0.00690. The van der Waals surface area contributed by atoms with Crippen LogP contribution in [0.1, 0.15) is 35.2 Å². The zero-order valence-electron chi connectivity index (χ0n) is 13.9. The van der Waals surface area contributed by atoms with Gasteiger partial charge in [0.15, 0.2) is 0 Å². The molecule has 4 nitrogen and oxygen atoms in total. The Morgan fingerprint density at radius 3 is 2.65 bits per heavy atom. The second-order valence-electron chi connectivity index (χ2n) is 5.88. The van der Waals surface area contributed by atoms with Crippen molar-refractivity contribution in [3.8, 4) is 11.3 Å². The Hall–Kier alpha value is -1.72. The van der Waals surface area contributed by atoms with Crippen LogP contribution in [0.15, 0.2) is 24.3 Å². The average Bonchev–Trinajstić information content (AvgIpc) is 2.86. The number of aryl methyl sites for hydroxylation is 2. The molecule has 23 heavy (non-hydrogen) atoms. The van der Waals surface area contributed by atoms with Gasteiger partial charge < -0.3 is 10.4 Å². The molecule has 0 saturated heterocycles. The second kappa shape index (κ2) is 8.22. The summed E-state index contributed by atoms with van der Waals surface area (Å²) in [4.78, 5) is 17.8. The fourth-order valence-electron chi connectivity index (χ4n) is 2.47. The summed E-state index contributed by atoms with van der Waals surface area (Å²) in [5.41, 5.74) is 3.17. The van der Waals surface area contributed by atoms with Crippen molar-refractivity contribution in [1.82, 2.24) is 10.3 Å². The number of carbonyl (C=O) groups excluding carboxylic acids is 1. The molecule has 0 spiro atoms. The molecule has 1 heterocycles. The quantitative estimate of drug-likeness (QED) is 0.818. The van der Waals surface area contributed by atoms with E-state index in [-0.39, 0.29) is 18.6 Å². The van der Waals surface area contributed by atoms with Gasteiger partial charge in [0, 0.05) is 23.1 Å². The molecule has 1 atom stereocenters. The van der Waals surface area contributed by atoms with E-state index in [0.29, 0.717) is 12.8 Å². The van der Waals surface area contributed by atoms with E-state index in [2.05, 4.69) is 41.5 Å².